The van der Waals surface area contributed by atoms with Gasteiger partial charge in [-0.25, -0.2) is 14.2 Å². The van der Waals surface area contributed by atoms with Crippen LogP contribution < -0.4 is 9.68 Å². The largest absolute Gasteiger partial charge is 0.379 e. The van der Waals surface area contributed by atoms with Crippen LogP contribution in [0.15, 0.2) is 118 Å². The van der Waals surface area contributed by atoms with Gasteiger partial charge in [-0.05, 0) is 35.2 Å². The first-order chi connectivity index (χ1) is 19.5. The van der Waals surface area contributed by atoms with Crippen molar-refractivity contribution in [1.82, 2.24) is 4.67 Å². The number of hydrogen-bond donors (Lipinski definition) is 0. The van der Waals surface area contributed by atoms with Gasteiger partial charge in [0.1, 0.15) is 0 Å². The minimum atomic E-state index is -2.66. The van der Waals surface area contributed by atoms with Crippen LogP contribution in [0.4, 0.5) is 17.1 Å². The zero-order valence-electron chi connectivity index (χ0n) is 23.2. The predicted molar refractivity (Wildman–Crippen MR) is 168 cm³/mol. The molecule has 202 valence electrons. The molecule has 40 heavy (non-hydrogen) atoms. The van der Waals surface area contributed by atoms with Crippen molar-refractivity contribution < 1.29 is 4.74 Å². The Morgan fingerprint density at radius 2 is 1.52 bits per heavy atom. The second-order valence-corrected chi connectivity index (χ2v) is 13.8. The summed E-state index contributed by atoms with van der Waals surface area (Å²) in [6, 6.07) is 34.3. The Kier molecular flexibility index (Phi) is 6.16. The summed E-state index contributed by atoms with van der Waals surface area (Å²) >= 11 is 0. The smallest absolute Gasteiger partial charge is 0.180 e. The van der Waals surface area contributed by atoms with E-state index in [1.54, 1.807) is 0 Å². The van der Waals surface area contributed by atoms with E-state index >= 15 is 0 Å². The van der Waals surface area contributed by atoms with Crippen LogP contribution >= 0.6 is 7.36 Å². The van der Waals surface area contributed by atoms with Gasteiger partial charge in [0, 0.05) is 42.3 Å². The Labute approximate surface area is 236 Å². The molecule has 4 aromatic rings. The van der Waals surface area contributed by atoms with Crippen LogP contribution in [0.3, 0.4) is 0 Å². The molecule has 4 aromatic carbocycles. The van der Waals surface area contributed by atoms with Gasteiger partial charge in [0.05, 0.1) is 36.1 Å². The number of hydrazone groups is 1. The van der Waals surface area contributed by atoms with Gasteiger partial charge < -0.3 is 9.64 Å². The van der Waals surface area contributed by atoms with Crippen molar-refractivity contribution in [2.45, 2.75) is 19.3 Å². The van der Waals surface area contributed by atoms with Gasteiger partial charge in [0.25, 0.3) is 0 Å². The fourth-order valence-electron chi connectivity index (χ4n) is 6.52. The summed E-state index contributed by atoms with van der Waals surface area (Å²) in [5.41, 5.74) is 5.67. The maximum Gasteiger partial charge on any atom is 0.180 e. The van der Waals surface area contributed by atoms with Crippen LogP contribution in [0, 0.1) is 0 Å². The topological polar surface area (TPSA) is 43.7 Å². The molecule has 6 nitrogen and oxygen atoms in total. The third kappa shape index (κ3) is 3.78. The van der Waals surface area contributed by atoms with E-state index in [4.69, 9.17) is 14.6 Å². The summed E-state index contributed by atoms with van der Waals surface area (Å²) in [6.45, 7) is 7.62. The Hall–Kier alpha value is -3.70. The molecule has 0 spiro atoms. The molecule has 0 saturated carbocycles. The molecule has 7 heteroatoms. The number of anilines is 2. The second-order valence-electron chi connectivity index (χ2n) is 11.0. The van der Waals surface area contributed by atoms with E-state index in [9.17, 15) is 0 Å². The molecule has 7 rings (SSSR count). The first-order valence-electron chi connectivity index (χ1n) is 13.9. The molecule has 3 aliphatic rings. The van der Waals surface area contributed by atoms with Gasteiger partial charge in [-0.1, -0.05) is 86.6 Å². The Morgan fingerprint density at radius 1 is 0.825 bits per heavy atom. The minimum Gasteiger partial charge on any atom is -0.379 e. The van der Waals surface area contributed by atoms with Crippen LogP contribution in [0.5, 0.6) is 0 Å². The van der Waals surface area contributed by atoms with Crippen LogP contribution in [-0.4, -0.2) is 44.2 Å². The van der Waals surface area contributed by atoms with Gasteiger partial charge in [-0.15, -0.1) is 0 Å². The third-order valence-electron chi connectivity index (χ3n) is 8.37. The summed E-state index contributed by atoms with van der Waals surface area (Å²) in [5.74, 6) is 0. The summed E-state index contributed by atoms with van der Waals surface area (Å²) in [5, 5.41) is 8.75. The average molecular weight is 548 g/mol. The predicted octanol–water partition coefficient (Wildman–Crippen LogP) is 7.98. The zero-order valence-corrected chi connectivity index (χ0v) is 24.1. The Morgan fingerprint density at radius 3 is 2.33 bits per heavy atom. The van der Waals surface area contributed by atoms with Crippen molar-refractivity contribution in [2.75, 3.05) is 43.0 Å². The first kappa shape index (κ1) is 25.3. The van der Waals surface area contributed by atoms with Crippen molar-refractivity contribution in [3.63, 3.8) is 0 Å². The van der Waals surface area contributed by atoms with E-state index in [1.807, 2.05) is 0 Å². The number of para-hydroxylation sites is 2. The van der Waals surface area contributed by atoms with E-state index in [0.717, 1.165) is 29.9 Å². The van der Waals surface area contributed by atoms with Crippen LogP contribution in [0.25, 0.3) is 10.8 Å². The van der Waals surface area contributed by atoms with Gasteiger partial charge in [0.15, 0.2) is 7.36 Å². The summed E-state index contributed by atoms with van der Waals surface area (Å²) in [7, 11) is -0.463. The van der Waals surface area contributed by atoms with E-state index in [0.29, 0.717) is 13.2 Å². The lowest BCUT2D eigenvalue weighted by molar-refractivity contribution is 0.0743. The highest BCUT2D eigenvalue weighted by atomic mass is 31.2. The number of rotatable bonds is 3. The molecule has 0 aromatic heterocycles. The lowest BCUT2D eigenvalue weighted by Gasteiger charge is -2.43. The molecule has 0 amide bonds. The highest BCUT2D eigenvalue weighted by Crippen LogP contribution is 2.71. The van der Waals surface area contributed by atoms with Crippen LogP contribution in [0.2, 0.25) is 0 Å². The monoisotopic (exact) mass is 547 g/mol. The molecule has 1 saturated heterocycles. The standard InChI is InChI=1S/C33H34N5OP/c1-33(2)28-17-9-10-19-30(28)36(3)32(33)31-24-34-38(26-14-5-4-6-15-26)40(31,37-20-22-39-23-21-37)35-29-18-11-13-25-12-7-8-16-27(25)29/h4-19,24H,20-23H2,1-3H3. The van der Waals surface area contributed by atoms with Crippen LogP contribution in [0.1, 0.15) is 19.4 Å². The maximum atomic E-state index is 5.89. The molecule has 0 N–H and O–H groups in total. The lowest BCUT2D eigenvalue weighted by atomic mass is 9.84. The average Bonchev–Trinajstić information content (AvgIpc) is 3.46. The molecule has 0 aliphatic carbocycles. The lowest BCUT2D eigenvalue weighted by Crippen LogP contribution is -2.38. The van der Waals surface area contributed by atoms with E-state index in [2.05, 4.69) is 139 Å². The van der Waals surface area contributed by atoms with Crippen LogP contribution in [-0.2, 0) is 10.2 Å². The number of benzene rings is 4. The number of allylic oxidation sites excluding steroid dienone is 2. The Balaban J connectivity index is 1.59. The molecular weight excluding hydrogens is 513 g/mol. The molecule has 3 heterocycles. The molecule has 0 bridgehead atoms. The number of likely N-dealkylation sites (N-methyl/N-ethyl adjacent to an activating group) is 1. The van der Waals surface area contributed by atoms with E-state index < -0.39 is 7.36 Å². The normalized spacial score (nSPS) is 24.1. The molecule has 0 radical (unpaired) electrons. The fourth-order valence-corrected chi connectivity index (χ4v) is 10.4. The molecule has 1 atom stereocenters. The summed E-state index contributed by atoms with van der Waals surface area (Å²) in [4.78, 5) is 2.37. The summed E-state index contributed by atoms with van der Waals surface area (Å²) in [6.07, 6.45) is 2.10. The number of fused-ring (bicyclic) bond motifs is 2. The highest BCUT2D eigenvalue weighted by molar-refractivity contribution is 7.71. The SMILES string of the molecule is CN1C(=C2C=NN(c3ccccc3)P2(=Nc2cccc3ccccc23)N2CCOCC2)C(C)(C)c2ccccc21. The number of morpholine rings is 1. The van der Waals surface area contributed by atoms with Crippen molar-refractivity contribution in [1.29, 1.82) is 0 Å². The van der Waals surface area contributed by atoms with Gasteiger partial charge in [-0.2, -0.15) is 5.10 Å². The highest BCUT2D eigenvalue weighted by Gasteiger charge is 2.50. The molecule has 1 fully saturated rings. The van der Waals surface area contributed by atoms with E-state index in [1.165, 1.54) is 27.6 Å². The summed E-state index contributed by atoms with van der Waals surface area (Å²) < 4.78 is 16.6. The first-order valence-corrected chi connectivity index (χ1v) is 15.6. The van der Waals surface area contributed by atoms with Crippen molar-refractivity contribution in [3.8, 4) is 0 Å². The van der Waals surface area contributed by atoms with E-state index in [-0.39, 0.29) is 5.41 Å². The maximum absolute atomic E-state index is 5.89. The van der Waals surface area contributed by atoms with Gasteiger partial charge in [0.2, 0.25) is 0 Å². The molecule has 3 aliphatic heterocycles. The number of nitrogens with zero attached hydrogens (tertiary/aromatic N) is 5. The zero-order chi connectivity index (χ0) is 27.3. The van der Waals surface area contributed by atoms with Crippen molar-refractivity contribution in [3.05, 3.63) is 114 Å². The molecular formula is C33H34N5OP. The van der Waals surface area contributed by atoms with Gasteiger partial charge in [-0.3, -0.25) is 0 Å². The molecule has 1 unspecified atom stereocenters. The van der Waals surface area contributed by atoms with Gasteiger partial charge >= 0.3 is 0 Å². The second kappa shape index (κ2) is 9.74. The van der Waals surface area contributed by atoms with Crippen molar-refractivity contribution in [2.24, 2.45) is 9.85 Å². The number of hydrogen-bond acceptors (Lipinski definition) is 4. The number of ether oxygens (including phenoxy) is 1. The van der Waals surface area contributed by atoms with Crippen molar-refractivity contribution >= 4 is 41.4 Å². The Bertz CT molecular complexity index is 1700. The minimum absolute atomic E-state index is 0.217. The fraction of sp³-hybridized carbons (Fsp3) is 0.242. The third-order valence-corrected chi connectivity index (χ3v) is 11.9. The quantitative estimate of drug-likeness (QED) is 0.244.